The number of hydrogen-bond donors (Lipinski definition) is 2. The molecule has 15 heavy (non-hydrogen) atoms. The van der Waals surface area contributed by atoms with Gasteiger partial charge in [0, 0.05) is 19.2 Å². The van der Waals surface area contributed by atoms with Crippen LogP contribution < -0.4 is 5.32 Å². The minimum Gasteiger partial charge on any atom is -0.396 e. The van der Waals surface area contributed by atoms with Crippen molar-refractivity contribution in [2.24, 2.45) is 0 Å². The minimum absolute atomic E-state index is 0.0464. The number of aliphatic hydroxyl groups excluding tert-OH is 1. The fraction of sp³-hybridized carbons (Fsp3) is 0.800. The van der Waals surface area contributed by atoms with Gasteiger partial charge in [0.15, 0.2) is 0 Å². The molecule has 0 radical (unpaired) electrons. The topological polar surface area (TPSA) is 76.4 Å². The van der Waals surface area contributed by atoms with E-state index in [1.54, 1.807) is 0 Å². The number of aliphatic hydroxyl groups is 1. The van der Waals surface area contributed by atoms with Crippen LogP contribution in [0.2, 0.25) is 0 Å². The molecule has 0 bridgehead atoms. The second kappa shape index (κ2) is 8.21. The van der Waals surface area contributed by atoms with Crippen LogP contribution >= 0.6 is 0 Å². The van der Waals surface area contributed by atoms with Crippen molar-refractivity contribution >= 4 is 5.91 Å². The summed E-state index contributed by atoms with van der Waals surface area (Å²) in [6, 6.07) is 2.11. The lowest BCUT2D eigenvalue weighted by molar-refractivity contribution is -0.122. The van der Waals surface area contributed by atoms with Gasteiger partial charge < -0.3 is 10.4 Å². The lowest BCUT2D eigenvalue weighted by Gasteiger charge is -2.25. The summed E-state index contributed by atoms with van der Waals surface area (Å²) in [5.74, 6) is -0.150. The molecule has 86 valence electrons. The molecule has 0 aliphatic carbocycles. The molecule has 2 N–H and O–H groups in total. The predicted octanol–water partition coefficient (Wildman–Crippen LogP) is -0.281. The molecule has 0 saturated carbocycles. The lowest BCUT2D eigenvalue weighted by atomic mass is 10.3. The van der Waals surface area contributed by atoms with Crippen LogP contribution in [0.3, 0.4) is 0 Å². The Morgan fingerprint density at radius 3 is 2.73 bits per heavy atom. The first-order valence-corrected chi connectivity index (χ1v) is 5.10. The van der Waals surface area contributed by atoms with Gasteiger partial charge in [0.2, 0.25) is 5.91 Å². The molecule has 0 heterocycles. The monoisotopic (exact) mass is 213 g/mol. The average Bonchev–Trinajstić information content (AvgIpc) is 2.20. The van der Waals surface area contributed by atoms with Crippen LogP contribution in [0.5, 0.6) is 0 Å². The van der Waals surface area contributed by atoms with E-state index in [1.807, 2.05) is 24.8 Å². The lowest BCUT2D eigenvalue weighted by Crippen LogP contribution is -2.41. The van der Waals surface area contributed by atoms with Gasteiger partial charge in [-0.15, -0.1) is 0 Å². The van der Waals surface area contributed by atoms with Gasteiger partial charge in [-0.1, -0.05) is 0 Å². The average molecular weight is 213 g/mol. The van der Waals surface area contributed by atoms with Crippen LogP contribution in [-0.4, -0.2) is 48.2 Å². The summed E-state index contributed by atoms with van der Waals surface area (Å²) in [5, 5.41) is 19.5. The highest BCUT2D eigenvalue weighted by Gasteiger charge is 2.12. The van der Waals surface area contributed by atoms with Crippen molar-refractivity contribution in [3.05, 3.63) is 0 Å². The summed E-state index contributed by atoms with van der Waals surface area (Å²) in [7, 11) is 0. The summed E-state index contributed by atoms with van der Waals surface area (Å²) in [6.07, 6.45) is 0.656. The van der Waals surface area contributed by atoms with Gasteiger partial charge in [0.1, 0.15) is 6.54 Å². The smallest absolute Gasteiger partial charge is 0.235 e. The fourth-order valence-corrected chi connectivity index (χ4v) is 1.17. The van der Waals surface area contributed by atoms with E-state index in [1.165, 1.54) is 0 Å². The second-order valence-electron chi connectivity index (χ2n) is 3.58. The predicted molar refractivity (Wildman–Crippen MR) is 57.0 cm³/mol. The molecule has 0 saturated heterocycles. The Labute approximate surface area is 90.7 Å². The summed E-state index contributed by atoms with van der Waals surface area (Å²) in [4.78, 5) is 13.3. The van der Waals surface area contributed by atoms with Crippen molar-refractivity contribution < 1.29 is 9.90 Å². The first-order chi connectivity index (χ1) is 7.11. The van der Waals surface area contributed by atoms with Crippen molar-refractivity contribution in [1.82, 2.24) is 10.2 Å². The van der Waals surface area contributed by atoms with Crippen LogP contribution in [0.4, 0.5) is 0 Å². The molecular weight excluding hydrogens is 194 g/mol. The molecule has 0 unspecified atom stereocenters. The third kappa shape index (κ3) is 6.89. The van der Waals surface area contributed by atoms with Crippen LogP contribution in [0, 0.1) is 11.3 Å². The zero-order valence-corrected chi connectivity index (χ0v) is 9.36. The third-order valence-electron chi connectivity index (χ3n) is 2.05. The summed E-state index contributed by atoms with van der Waals surface area (Å²) >= 11 is 0. The molecule has 0 aromatic rings. The maximum atomic E-state index is 11.3. The Kier molecular flexibility index (Phi) is 7.60. The standard InChI is InChI=1S/C10H19N3O2/c1-9(2)13(6-3-7-14)8-10(15)12-5-4-11/h9,14H,3,5-8H2,1-2H3,(H,12,15). The highest BCUT2D eigenvalue weighted by molar-refractivity contribution is 5.78. The van der Waals surface area contributed by atoms with Crippen molar-refractivity contribution in [1.29, 1.82) is 5.26 Å². The first kappa shape index (κ1) is 13.9. The van der Waals surface area contributed by atoms with Crippen molar-refractivity contribution in [2.75, 3.05) is 26.2 Å². The van der Waals surface area contributed by atoms with Gasteiger partial charge in [0.05, 0.1) is 12.6 Å². The molecule has 0 rings (SSSR count). The highest BCUT2D eigenvalue weighted by Crippen LogP contribution is 1.98. The molecule has 1 amide bonds. The Bertz CT molecular complexity index is 223. The van der Waals surface area contributed by atoms with Crippen molar-refractivity contribution in [2.45, 2.75) is 26.3 Å². The summed E-state index contributed by atoms with van der Waals surface area (Å²) in [6.45, 7) is 5.13. The Morgan fingerprint density at radius 2 is 2.27 bits per heavy atom. The van der Waals surface area contributed by atoms with E-state index in [0.717, 1.165) is 0 Å². The van der Waals surface area contributed by atoms with E-state index in [2.05, 4.69) is 5.32 Å². The molecule has 5 heteroatoms. The number of carbonyl (C=O) groups excluding carboxylic acids is 1. The Balaban J connectivity index is 3.94. The van der Waals surface area contributed by atoms with E-state index >= 15 is 0 Å². The van der Waals surface area contributed by atoms with E-state index < -0.39 is 0 Å². The Morgan fingerprint density at radius 1 is 1.60 bits per heavy atom. The van der Waals surface area contributed by atoms with Gasteiger partial charge in [-0.2, -0.15) is 5.26 Å². The van der Waals surface area contributed by atoms with Gasteiger partial charge >= 0.3 is 0 Å². The summed E-state index contributed by atoms with van der Waals surface area (Å²) in [5.41, 5.74) is 0. The maximum absolute atomic E-state index is 11.3. The SMILES string of the molecule is CC(C)N(CCCO)CC(=O)NCC#N. The molecular formula is C10H19N3O2. The van der Waals surface area contributed by atoms with Crippen molar-refractivity contribution in [3.8, 4) is 6.07 Å². The van der Waals surface area contributed by atoms with Gasteiger partial charge in [-0.25, -0.2) is 0 Å². The van der Waals surface area contributed by atoms with Crippen molar-refractivity contribution in [3.63, 3.8) is 0 Å². The number of hydrogen-bond acceptors (Lipinski definition) is 4. The quantitative estimate of drug-likeness (QED) is 0.570. The number of nitrogens with zero attached hydrogens (tertiary/aromatic N) is 2. The first-order valence-electron chi connectivity index (χ1n) is 5.10. The minimum atomic E-state index is -0.150. The fourth-order valence-electron chi connectivity index (χ4n) is 1.17. The molecule has 0 spiro atoms. The molecule has 0 aromatic carbocycles. The van der Waals surface area contributed by atoms with E-state index in [4.69, 9.17) is 10.4 Å². The second-order valence-corrected chi connectivity index (χ2v) is 3.58. The number of carbonyl (C=O) groups is 1. The van der Waals surface area contributed by atoms with E-state index in [-0.39, 0.29) is 31.6 Å². The third-order valence-corrected chi connectivity index (χ3v) is 2.05. The van der Waals surface area contributed by atoms with Gasteiger partial charge in [-0.05, 0) is 20.3 Å². The normalized spacial score (nSPS) is 10.4. The number of rotatable bonds is 7. The highest BCUT2D eigenvalue weighted by atomic mass is 16.3. The van der Waals surface area contributed by atoms with Crippen LogP contribution in [0.15, 0.2) is 0 Å². The maximum Gasteiger partial charge on any atom is 0.235 e. The van der Waals surface area contributed by atoms with Crippen LogP contribution in [0.1, 0.15) is 20.3 Å². The van der Waals surface area contributed by atoms with E-state index in [9.17, 15) is 4.79 Å². The number of nitrogens with one attached hydrogen (secondary N) is 1. The zero-order chi connectivity index (χ0) is 11.7. The Hall–Kier alpha value is -1.12. The van der Waals surface area contributed by atoms with Crippen LogP contribution in [-0.2, 0) is 4.79 Å². The molecule has 0 aliphatic rings. The molecule has 0 atom stereocenters. The summed E-state index contributed by atoms with van der Waals surface area (Å²) < 4.78 is 0. The molecule has 0 aromatic heterocycles. The molecule has 5 nitrogen and oxygen atoms in total. The molecule has 0 fully saturated rings. The molecule has 0 aliphatic heterocycles. The number of amides is 1. The van der Waals surface area contributed by atoms with Gasteiger partial charge in [-0.3, -0.25) is 9.69 Å². The van der Waals surface area contributed by atoms with Gasteiger partial charge in [0.25, 0.3) is 0 Å². The van der Waals surface area contributed by atoms with Crippen LogP contribution in [0.25, 0.3) is 0 Å². The largest absolute Gasteiger partial charge is 0.396 e. The van der Waals surface area contributed by atoms with E-state index in [0.29, 0.717) is 13.0 Å². The zero-order valence-electron chi connectivity index (χ0n) is 9.36. The number of nitriles is 1.